The van der Waals surface area contributed by atoms with Crippen LogP contribution in [0, 0.1) is 5.92 Å². The molecule has 0 saturated carbocycles. The second-order valence-corrected chi connectivity index (χ2v) is 5.70. The van der Waals surface area contributed by atoms with Gasteiger partial charge in [-0.05, 0) is 31.0 Å². The third-order valence-electron chi connectivity index (χ3n) is 4.11. The van der Waals surface area contributed by atoms with Crippen molar-refractivity contribution in [2.24, 2.45) is 5.92 Å². The van der Waals surface area contributed by atoms with Crippen LogP contribution in [0.4, 0.5) is 5.69 Å². The standard InChI is InChI=1S/C14H16ClN3O2/c15-10-6-8(3-4-11(10)16)14(20)18-5-1-2-9-12(18)7-17-13(9)19/h3-4,6,9,12H,1-2,5,7,16H2,(H,17,19). The molecule has 2 unspecified atom stereocenters. The fraction of sp³-hybridized carbons (Fsp3) is 0.429. The lowest BCUT2D eigenvalue weighted by molar-refractivity contribution is -0.123. The number of nitrogens with zero attached hydrogens (tertiary/aromatic N) is 1. The Morgan fingerprint density at radius 2 is 2.25 bits per heavy atom. The molecule has 2 heterocycles. The zero-order valence-corrected chi connectivity index (χ0v) is 11.7. The van der Waals surface area contributed by atoms with E-state index in [9.17, 15) is 9.59 Å². The van der Waals surface area contributed by atoms with E-state index in [1.165, 1.54) is 0 Å². The summed E-state index contributed by atoms with van der Waals surface area (Å²) in [5, 5.41) is 3.22. The van der Waals surface area contributed by atoms with Crippen LogP contribution < -0.4 is 11.1 Å². The van der Waals surface area contributed by atoms with E-state index in [1.807, 2.05) is 0 Å². The minimum atomic E-state index is -0.0851. The van der Waals surface area contributed by atoms with Crippen molar-refractivity contribution in [1.29, 1.82) is 0 Å². The number of amides is 2. The van der Waals surface area contributed by atoms with Gasteiger partial charge in [-0.25, -0.2) is 0 Å². The lowest BCUT2D eigenvalue weighted by Gasteiger charge is -2.36. The topological polar surface area (TPSA) is 75.4 Å². The highest BCUT2D eigenvalue weighted by atomic mass is 35.5. The Morgan fingerprint density at radius 3 is 3.00 bits per heavy atom. The number of nitrogens with two attached hydrogens (primary N) is 1. The van der Waals surface area contributed by atoms with E-state index in [2.05, 4.69) is 5.32 Å². The second-order valence-electron chi connectivity index (χ2n) is 5.30. The Hall–Kier alpha value is -1.75. The number of hydrogen-bond donors (Lipinski definition) is 2. The molecule has 2 saturated heterocycles. The van der Waals surface area contributed by atoms with Gasteiger partial charge in [-0.15, -0.1) is 0 Å². The van der Waals surface area contributed by atoms with Gasteiger partial charge in [0, 0.05) is 18.7 Å². The van der Waals surface area contributed by atoms with Crippen molar-refractivity contribution in [2.75, 3.05) is 18.8 Å². The van der Waals surface area contributed by atoms with Crippen LogP contribution in [-0.2, 0) is 4.79 Å². The Kier molecular flexibility index (Phi) is 3.30. The summed E-state index contributed by atoms with van der Waals surface area (Å²) < 4.78 is 0. The van der Waals surface area contributed by atoms with Gasteiger partial charge >= 0.3 is 0 Å². The third-order valence-corrected chi connectivity index (χ3v) is 4.44. The average Bonchev–Trinajstić information content (AvgIpc) is 2.83. The monoisotopic (exact) mass is 293 g/mol. The average molecular weight is 294 g/mol. The van der Waals surface area contributed by atoms with Crippen LogP contribution in [0.25, 0.3) is 0 Å². The largest absolute Gasteiger partial charge is 0.398 e. The lowest BCUT2D eigenvalue weighted by atomic mass is 9.91. The van der Waals surface area contributed by atoms with E-state index in [0.717, 1.165) is 12.8 Å². The maximum atomic E-state index is 12.6. The second kappa shape index (κ2) is 4.98. The minimum absolute atomic E-state index is 0.0416. The number of carbonyl (C=O) groups is 2. The number of carbonyl (C=O) groups excluding carboxylic acids is 2. The van der Waals surface area contributed by atoms with Gasteiger partial charge in [0.2, 0.25) is 5.91 Å². The van der Waals surface area contributed by atoms with E-state index < -0.39 is 0 Å². The van der Waals surface area contributed by atoms with Crippen molar-refractivity contribution >= 4 is 29.1 Å². The first-order valence-electron chi connectivity index (χ1n) is 6.71. The van der Waals surface area contributed by atoms with Crippen LogP contribution in [0.5, 0.6) is 0 Å². The van der Waals surface area contributed by atoms with Crippen LogP contribution in [0.3, 0.4) is 0 Å². The molecule has 6 heteroatoms. The number of piperidine rings is 1. The summed E-state index contributed by atoms with van der Waals surface area (Å²) in [5.41, 5.74) is 6.63. The maximum Gasteiger partial charge on any atom is 0.254 e. The third kappa shape index (κ3) is 2.12. The van der Waals surface area contributed by atoms with Crippen molar-refractivity contribution in [3.63, 3.8) is 0 Å². The molecule has 3 rings (SSSR count). The molecule has 0 bridgehead atoms. The number of anilines is 1. The van der Waals surface area contributed by atoms with Gasteiger partial charge in [0.15, 0.2) is 0 Å². The molecule has 0 aromatic heterocycles. The van der Waals surface area contributed by atoms with Crippen LogP contribution >= 0.6 is 11.6 Å². The molecule has 106 valence electrons. The molecule has 5 nitrogen and oxygen atoms in total. The summed E-state index contributed by atoms with van der Waals surface area (Å²) in [6, 6.07) is 4.86. The number of fused-ring (bicyclic) bond motifs is 1. The van der Waals surface area contributed by atoms with Crippen molar-refractivity contribution in [3.8, 4) is 0 Å². The number of nitrogen functional groups attached to an aromatic ring is 1. The molecule has 3 N–H and O–H groups in total. The first kappa shape index (κ1) is 13.2. The maximum absolute atomic E-state index is 12.6. The molecule has 0 radical (unpaired) electrons. The van der Waals surface area contributed by atoms with Crippen LogP contribution in [0.2, 0.25) is 5.02 Å². The smallest absolute Gasteiger partial charge is 0.254 e. The van der Waals surface area contributed by atoms with Gasteiger partial charge in [0.1, 0.15) is 0 Å². The normalized spacial score (nSPS) is 25.2. The summed E-state index contributed by atoms with van der Waals surface area (Å²) >= 11 is 5.97. The highest BCUT2D eigenvalue weighted by Crippen LogP contribution is 2.29. The number of hydrogen-bond acceptors (Lipinski definition) is 3. The SMILES string of the molecule is Nc1ccc(C(=O)N2CCCC3C(=O)NCC32)cc1Cl. The van der Waals surface area contributed by atoms with Crippen LogP contribution in [0.1, 0.15) is 23.2 Å². The number of benzene rings is 1. The highest BCUT2D eigenvalue weighted by Gasteiger charge is 2.42. The van der Waals surface area contributed by atoms with E-state index in [4.69, 9.17) is 17.3 Å². The fourth-order valence-corrected chi connectivity index (χ4v) is 3.21. The van der Waals surface area contributed by atoms with E-state index in [1.54, 1.807) is 23.1 Å². The fourth-order valence-electron chi connectivity index (χ4n) is 3.03. The molecular formula is C14H16ClN3O2. The zero-order chi connectivity index (χ0) is 14.3. The Labute approximate surface area is 122 Å². The molecule has 2 aliphatic heterocycles. The molecule has 1 aromatic carbocycles. The van der Waals surface area contributed by atoms with Gasteiger partial charge in [0.05, 0.1) is 22.7 Å². The van der Waals surface area contributed by atoms with Crippen molar-refractivity contribution < 1.29 is 9.59 Å². The van der Waals surface area contributed by atoms with Crippen LogP contribution in [-0.4, -0.2) is 35.8 Å². The van der Waals surface area contributed by atoms with E-state index in [-0.39, 0.29) is 23.8 Å². The highest BCUT2D eigenvalue weighted by molar-refractivity contribution is 6.33. The van der Waals surface area contributed by atoms with E-state index in [0.29, 0.717) is 29.4 Å². The number of rotatable bonds is 1. The summed E-state index contributed by atoms with van der Waals surface area (Å²) in [6.45, 7) is 1.22. The Bertz CT molecular complexity index is 576. The molecule has 2 fully saturated rings. The van der Waals surface area contributed by atoms with E-state index >= 15 is 0 Å². The lowest BCUT2D eigenvalue weighted by Crippen LogP contribution is -2.48. The molecule has 0 aliphatic carbocycles. The number of nitrogens with one attached hydrogen (secondary N) is 1. The number of halogens is 1. The predicted octanol–water partition coefficient (Wildman–Crippen LogP) is 1.27. The molecule has 2 amide bonds. The summed E-state index contributed by atoms with van der Waals surface area (Å²) in [4.78, 5) is 26.1. The molecule has 1 aromatic rings. The Morgan fingerprint density at radius 1 is 1.45 bits per heavy atom. The molecule has 2 aliphatic rings. The summed E-state index contributed by atoms with van der Waals surface area (Å²) in [7, 11) is 0. The molecule has 2 atom stereocenters. The van der Waals surface area contributed by atoms with Gasteiger partial charge < -0.3 is 16.0 Å². The van der Waals surface area contributed by atoms with Crippen molar-refractivity contribution in [2.45, 2.75) is 18.9 Å². The molecule has 20 heavy (non-hydrogen) atoms. The van der Waals surface area contributed by atoms with Gasteiger partial charge in [0.25, 0.3) is 5.91 Å². The minimum Gasteiger partial charge on any atom is -0.398 e. The summed E-state index contributed by atoms with van der Waals surface area (Å²) in [5.74, 6) is -0.0992. The van der Waals surface area contributed by atoms with Gasteiger partial charge in [-0.2, -0.15) is 0 Å². The first-order valence-corrected chi connectivity index (χ1v) is 7.09. The van der Waals surface area contributed by atoms with Gasteiger partial charge in [-0.1, -0.05) is 11.6 Å². The molecular weight excluding hydrogens is 278 g/mol. The molecule has 0 spiro atoms. The quantitative estimate of drug-likeness (QED) is 0.766. The van der Waals surface area contributed by atoms with Crippen LogP contribution in [0.15, 0.2) is 18.2 Å². The summed E-state index contributed by atoms with van der Waals surface area (Å²) in [6.07, 6.45) is 1.70. The van der Waals surface area contributed by atoms with Crippen molar-refractivity contribution in [1.82, 2.24) is 10.2 Å². The zero-order valence-electron chi connectivity index (χ0n) is 10.9. The number of likely N-dealkylation sites (tertiary alicyclic amines) is 1. The Balaban J connectivity index is 1.86. The van der Waals surface area contributed by atoms with Crippen molar-refractivity contribution in [3.05, 3.63) is 28.8 Å². The van der Waals surface area contributed by atoms with Gasteiger partial charge in [-0.3, -0.25) is 9.59 Å². The first-order chi connectivity index (χ1) is 9.58. The predicted molar refractivity (Wildman–Crippen MR) is 76.4 cm³/mol.